The van der Waals surface area contributed by atoms with Crippen molar-refractivity contribution in [2.45, 2.75) is 0 Å². The van der Waals surface area contributed by atoms with E-state index < -0.39 is 0 Å². The maximum Gasteiger partial charge on any atom is 2.00 e. The maximum absolute atomic E-state index is 3.00. The van der Waals surface area contributed by atoms with Crippen molar-refractivity contribution in [2.24, 2.45) is 0 Å². The molecule has 7 heavy (non-hydrogen) atoms. The van der Waals surface area contributed by atoms with Crippen LogP contribution in [0.3, 0.4) is 0 Å². The molecule has 0 aliphatic heterocycles. The van der Waals surface area contributed by atoms with Crippen LogP contribution in [0.2, 0.25) is 0 Å². The van der Waals surface area contributed by atoms with Crippen LogP contribution in [0.25, 0.3) is 0 Å². The van der Waals surface area contributed by atoms with Crippen molar-refractivity contribution >= 4 is 0 Å². The predicted octanol–water partition coefficient (Wildman–Crippen LogP) is -4.87. The van der Waals surface area contributed by atoms with Crippen LogP contribution in [0.15, 0.2) is 13.2 Å². The van der Waals surface area contributed by atoms with Crippen LogP contribution in [0.5, 0.6) is 0 Å². The zero-order valence-corrected chi connectivity index (χ0v) is 6.97. The largest absolute Gasteiger partial charge is 2.00 e. The Morgan fingerprint density at radius 1 is 0.714 bits per heavy atom. The van der Waals surface area contributed by atoms with Gasteiger partial charge in [0.25, 0.3) is 0 Å². The second kappa shape index (κ2) is 295. The normalized spacial score (nSPS) is 0.571. The first-order valence-corrected chi connectivity index (χ1v) is 0.500. The fraction of sp³-hybridized carbons (Fsp3) is 0. The summed E-state index contributed by atoms with van der Waals surface area (Å²) in [7, 11) is 0. The summed E-state index contributed by atoms with van der Waals surface area (Å²) in [5.41, 5.74) is 0. The number of hydrogen-bond donors (Lipinski definition) is 2. The van der Waals surface area contributed by atoms with Crippen molar-refractivity contribution in [3.63, 3.8) is 0 Å². The van der Waals surface area contributed by atoms with Crippen molar-refractivity contribution in [3.8, 4) is 0 Å². The Bertz CT molecular complexity index is 13.7. The van der Waals surface area contributed by atoms with E-state index in [-0.39, 0.29) is 57.5 Å². The molecular formula is C2H10Cl2N2Pd. The van der Waals surface area contributed by atoms with Crippen LogP contribution in [-0.4, -0.2) is 0 Å². The molecule has 6 N–H and O–H groups in total. The Hall–Kier alpha value is 0.902. The molecule has 52 valence electrons. The Kier molecular flexibility index (Phi) is 4390. The van der Waals surface area contributed by atoms with E-state index in [1.807, 2.05) is 0 Å². The molecule has 0 aromatic heterocycles. The van der Waals surface area contributed by atoms with Gasteiger partial charge in [-0.3, -0.25) is 0 Å². The molecule has 0 fully saturated rings. The van der Waals surface area contributed by atoms with Crippen molar-refractivity contribution in [1.29, 1.82) is 0 Å². The molecule has 0 spiro atoms. The molecule has 0 aromatic carbocycles. The Morgan fingerprint density at radius 3 is 0.714 bits per heavy atom. The van der Waals surface area contributed by atoms with Gasteiger partial charge in [-0.25, -0.2) is 0 Å². The third-order valence-electron chi connectivity index (χ3n) is 0. The van der Waals surface area contributed by atoms with Crippen LogP contribution in [0, 0.1) is 0 Å². The quantitative estimate of drug-likeness (QED) is 0.329. The average molecular weight is 239 g/mol. The molecule has 0 unspecified atom stereocenters. The zero-order chi connectivity index (χ0) is 2.00. The van der Waals surface area contributed by atoms with E-state index in [0.29, 0.717) is 0 Å². The van der Waals surface area contributed by atoms with Crippen LogP contribution < -0.4 is 37.1 Å². The van der Waals surface area contributed by atoms with Crippen molar-refractivity contribution < 1.29 is 45.2 Å². The minimum Gasteiger partial charge on any atom is -1.00 e. The van der Waals surface area contributed by atoms with Gasteiger partial charge in [0.15, 0.2) is 0 Å². The van der Waals surface area contributed by atoms with Gasteiger partial charge in [-0.15, -0.1) is 13.2 Å². The molecule has 0 heterocycles. The fourth-order valence-corrected chi connectivity index (χ4v) is 0. The van der Waals surface area contributed by atoms with Crippen LogP contribution >= 0.6 is 0 Å². The summed E-state index contributed by atoms with van der Waals surface area (Å²) < 4.78 is 0. The van der Waals surface area contributed by atoms with Crippen molar-refractivity contribution in [2.75, 3.05) is 0 Å². The molecule has 2 nitrogen and oxygen atoms in total. The standard InChI is InChI=1S/C2H4.2ClH.2H3N.Pd/c1-2;;;;;/h1-2H2;2*1H;2*1H3;/q;;;;;+2/p-2. The number of hydrogen-bond acceptors (Lipinski definition) is 2. The first kappa shape index (κ1) is 104. The van der Waals surface area contributed by atoms with Crippen molar-refractivity contribution in [1.82, 2.24) is 12.3 Å². The van der Waals surface area contributed by atoms with E-state index in [1.165, 1.54) is 0 Å². The summed E-state index contributed by atoms with van der Waals surface area (Å²) in [4.78, 5) is 0. The molecule has 0 bridgehead atoms. The van der Waals surface area contributed by atoms with Gasteiger partial charge < -0.3 is 37.1 Å². The second-order valence-electron chi connectivity index (χ2n) is 0. The van der Waals surface area contributed by atoms with E-state index >= 15 is 0 Å². The van der Waals surface area contributed by atoms with Gasteiger partial charge in [0.05, 0.1) is 0 Å². The van der Waals surface area contributed by atoms with Gasteiger partial charge in [0.2, 0.25) is 0 Å². The van der Waals surface area contributed by atoms with E-state index in [2.05, 4.69) is 13.2 Å². The van der Waals surface area contributed by atoms with Gasteiger partial charge in [0, 0.05) is 0 Å². The van der Waals surface area contributed by atoms with Gasteiger partial charge in [-0.2, -0.15) is 0 Å². The number of rotatable bonds is 0. The summed E-state index contributed by atoms with van der Waals surface area (Å²) in [5, 5.41) is 0. The molecule has 5 heteroatoms. The molecule has 0 rings (SSSR count). The SMILES string of the molecule is C=C.N.N.[Cl-].[Cl-].[Pd+2]. The topological polar surface area (TPSA) is 70.0 Å². The van der Waals surface area contributed by atoms with Crippen LogP contribution in [0.4, 0.5) is 0 Å². The summed E-state index contributed by atoms with van der Waals surface area (Å²) in [6.45, 7) is 6.00. The fourth-order valence-electron chi connectivity index (χ4n) is 0. The minimum absolute atomic E-state index is 0. The summed E-state index contributed by atoms with van der Waals surface area (Å²) >= 11 is 0. The first-order valence-electron chi connectivity index (χ1n) is 0.500. The smallest absolute Gasteiger partial charge is 1.00 e. The molecule has 0 aliphatic rings. The second-order valence-corrected chi connectivity index (χ2v) is 0. The third kappa shape index (κ3) is 204. The minimum atomic E-state index is 0. The molecular weight excluding hydrogens is 229 g/mol. The zero-order valence-electron chi connectivity index (χ0n) is 3.90. The molecule has 0 amide bonds. The van der Waals surface area contributed by atoms with Gasteiger partial charge >= 0.3 is 20.4 Å². The Morgan fingerprint density at radius 2 is 0.714 bits per heavy atom. The number of halogens is 2. The first-order chi connectivity index (χ1) is 1.00. The Labute approximate surface area is 70.8 Å². The van der Waals surface area contributed by atoms with Gasteiger partial charge in [-0.05, 0) is 0 Å². The predicted molar refractivity (Wildman–Crippen MR) is 21.3 cm³/mol. The van der Waals surface area contributed by atoms with E-state index in [9.17, 15) is 0 Å². The molecule has 0 saturated carbocycles. The van der Waals surface area contributed by atoms with E-state index in [1.54, 1.807) is 0 Å². The van der Waals surface area contributed by atoms with Gasteiger partial charge in [-0.1, -0.05) is 0 Å². The third-order valence-corrected chi connectivity index (χ3v) is 0. The summed E-state index contributed by atoms with van der Waals surface area (Å²) in [6, 6.07) is 0. The molecule has 0 radical (unpaired) electrons. The van der Waals surface area contributed by atoms with E-state index in [4.69, 9.17) is 0 Å². The van der Waals surface area contributed by atoms with Crippen LogP contribution in [-0.2, 0) is 20.4 Å². The Balaban J connectivity index is -0.000000000500. The van der Waals surface area contributed by atoms with Crippen LogP contribution in [0.1, 0.15) is 0 Å². The molecule has 0 aliphatic carbocycles. The molecule has 0 atom stereocenters. The molecule has 0 saturated heterocycles. The average Bonchev–Trinajstić information content (AvgIpc) is 1.00. The van der Waals surface area contributed by atoms with Gasteiger partial charge in [0.1, 0.15) is 0 Å². The monoisotopic (exact) mass is 238 g/mol. The molecule has 0 aromatic rings. The van der Waals surface area contributed by atoms with E-state index in [0.717, 1.165) is 0 Å². The maximum atomic E-state index is 3.00. The van der Waals surface area contributed by atoms with Crippen molar-refractivity contribution in [3.05, 3.63) is 13.2 Å². The summed E-state index contributed by atoms with van der Waals surface area (Å²) in [6.07, 6.45) is 0. The summed E-state index contributed by atoms with van der Waals surface area (Å²) in [5.74, 6) is 0.